The molecule has 3 heteroatoms. The van der Waals surface area contributed by atoms with Gasteiger partial charge in [0.05, 0.1) is 6.04 Å². The Morgan fingerprint density at radius 2 is 1.84 bits per heavy atom. The molecule has 0 aliphatic carbocycles. The maximum atomic E-state index is 5.74. The van der Waals surface area contributed by atoms with E-state index in [0.717, 1.165) is 16.5 Å². The molecule has 0 aliphatic rings. The molecule has 0 aromatic heterocycles. The molecule has 3 N–H and O–H groups in total. The average molecular weight is 319 g/mol. The minimum atomic E-state index is 0.000816. The third kappa shape index (κ3) is 3.24. The van der Waals surface area contributed by atoms with Crippen LogP contribution in [0.1, 0.15) is 35.2 Å². The second-order valence-corrected chi connectivity index (χ2v) is 5.57. The van der Waals surface area contributed by atoms with Gasteiger partial charge in [0.15, 0.2) is 0 Å². The van der Waals surface area contributed by atoms with Crippen molar-refractivity contribution in [2.45, 2.75) is 26.3 Å². The van der Waals surface area contributed by atoms with Gasteiger partial charge in [0.1, 0.15) is 0 Å². The summed E-state index contributed by atoms with van der Waals surface area (Å²) in [5.74, 6) is 5.74. The molecule has 2 rings (SSSR count). The van der Waals surface area contributed by atoms with Gasteiger partial charge in [0.25, 0.3) is 0 Å². The summed E-state index contributed by atoms with van der Waals surface area (Å²) in [5, 5.41) is 0. The number of hydrazine groups is 1. The van der Waals surface area contributed by atoms with Gasteiger partial charge in [-0.15, -0.1) is 0 Å². The molecular weight excluding hydrogens is 300 g/mol. The summed E-state index contributed by atoms with van der Waals surface area (Å²) < 4.78 is 1.08. The van der Waals surface area contributed by atoms with Gasteiger partial charge in [-0.3, -0.25) is 5.84 Å². The predicted molar refractivity (Wildman–Crippen MR) is 83.9 cm³/mol. The summed E-state index contributed by atoms with van der Waals surface area (Å²) >= 11 is 3.62. The number of halogens is 1. The standard InChI is InChI=1S/C16H19BrN2/c1-3-12-5-7-13(8-6-12)16(19-18)14-9-4-11(2)10-15(14)17/h4-10,16,19H,3,18H2,1-2H3. The SMILES string of the molecule is CCc1ccc(C(NN)c2ccc(C)cc2Br)cc1. The minimum absolute atomic E-state index is 0.000816. The first-order chi connectivity index (χ1) is 9.15. The number of rotatable bonds is 4. The van der Waals surface area contributed by atoms with E-state index < -0.39 is 0 Å². The first kappa shape index (κ1) is 14.3. The maximum Gasteiger partial charge on any atom is 0.0721 e. The Morgan fingerprint density at radius 1 is 1.16 bits per heavy atom. The van der Waals surface area contributed by atoms with Crippen LogP contribution in [0.15, 0.2) is 46.9 Å². The molecular formula is C16H19BrN2. The van der Waals surface area contributed by atoms with Crippen LogP contribution in [0.2, 0.25) is 0 Å². The van der Waals surface area contributed by atoms with Crippen LogP contribution in [-0.2, 0) is 6.42 Å². The molecule has 0 saturated heterocycles. The van der Waals surface area contributed by atoms with Crippen molar-refractivity contribution in [1.29, 1.82) is 0 Å². The summed E-state index contributed by atoms with van der Waals surface area (Å²) in [6, 6.07) is 14.9. The van der Waals surface area contributed by atoms with Gasteiger partial charge in [0, 0.05) is 4.47 Å². The first-order valence-electron chi connectivity index (χ1n) is 6.46. The largest absolute Gasteiger partial charge is 0.271 e. The van der Waals surface area contributed by atoms with Gasteiger partial charge < -0.3 is 0 Å². The molecule has 0 aliphatic heterocycles. The second-order valence-electron chi connectivity index (χ2n) is 4.72. The highest BCUT2D eigenvalue weighted by Gasteiger charge is 2.15. The molecule has 0 radical (unpaired) electrons. The summed E-state index contributed by atoms with van der Waals surface area (Å²) in [6.45, 7) is 4.24. The summed E-state index contributed by atoms with van der Waals surface area (Å²) in [6.07, 6.45) is 1.05. The Bertz CT molecular complexity index is 549. The summed E-state index contributed by atoms with van der Waals surface area (Å²) in [5.41, 5.74) is 7.79. The van der Waals surface area contributed by atoms with Gasteiger partial charge in [-0.1, -0.05) is 59.3 Å². The van der Waals surface area contributed by atoms with E-state index in [2.05, 4.69) is 77.7 Å². The molecule has 2 aromatic carbocycles. The van der Waals surface area contributed by atoms with Crippen molar-refractivity contribution in [3.63, 3.8) is 0 Å². The third-order valence-electron chi connectivity index (χ3n) is 3.35. The van der Waals surface area contributed by atoms with E-state index in [1.54, 1.807) is 0 Å². The van der Waals surface area contributed by atoms with Crippen molar-refractivity contribution < 1.29 is 0 Å². The lowest BCUT2D eigenvalue weighted by Crippen LogP contribution is -2.29. The van der Waals surface area contributed by atoms with Crippen LogP contribution in [0, 0.1) is 6.92 Å². The van der Waals surface area contributed by atoms with E-state index in [9.17, 15) is 0 Å². The summed E-state index contributed by atoms with van der Waals surface area (Å²) in [4.78, 5) is 0. The fourth-order valence-corrected chi connectivity index (χ4v) is 2.90. The molecule has 1 unspecified atom stereocenters. The van der Waals surface area contributed by atoms with Crippen LogP contribution in [0.4, 0.5) is 0 Å². The molecule has 0 fully saturated rings. The van der Waals surface area contributed by atoms with Gasteiger partial charge in [0.2, 0.25) is 0 Å². The van der Waals surface area contributed by atoms with Crippen LogP contribution in [0.3, 0.4) is 0 Å². The van der Waals surface area contributed by atoms with E-state index >= 15 is 0 Å². The van der Waals surface area contributed by atoms with Crippen molar-refractivity contribution in [3.05, 3.63) is 69.2 Å². The molecule has 2 aromatic rings. The van der Waals surface area contributed by atoms with Gasteiger partial charge >= 0.3 is 0 Å². The maximum absolute atomic E-state index is 5.74. The van der Waals surface area contributed by atoms with Crippen LogP contribution >= 0.6 is 15.9 Å². The highest BCUT2D eigenvalue weighted by atomic mass is 79.9. The lowest BCUT2D eigenvalue weighted by Gasteiger charge is -2.19. The number of nitrogens with one attached hydrogen (secondary N) is 1. The van der Waals surface area contributed by atoms with Crippen molar-refractivity contribution in [3.8, 4) is 0 Å². The molecule has 0 heterocycles. The molecule has 0 amide bonds. The number of hydrogen-bond acceptors (Lipinski definition) is 2. The minimum Gasteiger partial charge on any atom is -0.271 e. The van der Waals surface area contributed by atoms with E-state index in [-0.39, 0.29) is 6.04 Å². The Labute approximate surface area is 123 Å². The first-order valence-corrected chi connectivity index (χ1v) is 7.26. The monoisotopic (exact) mass is 318 g/mol. The van der Waals surface area contributed by atoms with Gasteiger partial charge in [-0.2, -0.15) is 0 Å². The van der Waals surface area contributed by atoms with Gasteiger partial charge in [-0.25, -0.2) is 5.43 Å². The normalized spacial score (nSPS) is 12.4. The molecule has 1 atom stereocenters. The number of hydrogen-bond donors (Lipinski definition) is 2. The predicted octanol–water partition coefficient (Wildman–Crippen LogP) is 3.87. The van der Waals surface area contributed by atoms with Crippen LogP contribution in [0.25, 0.3) is 0 Å². The zero-order valence-corrected chi connectivity index (χ0v) is 12.9. The van der Waals surface area contributed by atoms with E-state index in [4.69, 9.17) is 5.84 Å². The molecule has 0 spiro atoms. The zero-order chi connectivity index (χ0) is 13.8. The lowest BCUT2D eigenvalue weighted by molar-refractivity contribution is 0.634. The smallest absolute Gasteiger partial charge is 0.0721 e. The van der Waals surface area contributed by atoms with E-state index in [0.29, 0.717) is 0 Å². The third-order valence-corrected chi connectivity index (χ3v) is 4.04. The van der Waals surface area contributed by atoms with E-state index in [1.165, 1.54) is 16.7 Å². The lowest BCUT2D eigenvalue weighted by atomic mass is 9.97. The molecule has 0 saturated carbocycles. The van der Waals surface area contributed by atoms with Crippen LogP contribution in [-0.4, -0.2) is 0 Å². The topological polar surface area (TPSA) is 38.0 Å². The van der Waals surface area contributed by atoms with E-state index in [1.807, 2.05) is 0 Å². The highest BCUT2D eigenvalue weighted by molar-refractivity contribution is 9.10. The van der Waals surface area contributed by atoms with Crippen molar-refractivity contribution >= 4 is 15.9 Å². The number of nitrogens with two attached hydrogens (primary N) is 1. The molecule has 0 bridgehead atoms. The van der Waals surface area contributed by atoms with Crippen molar-refractivity contribution in [1.82, 2.24) is 5.43 Å². The molecule has 2 nitrogen and oxygen atoms in total. The highest BCUT2D eigenvalue weighted by Crippen LogP contribution is 2.29. The Morgan fingerprint density at radius 3 is 2.37 bits per heavy atom. The van der Waals surface area contributed by atoms with Gasteiger partial charge in [-0.05, 0) is 41.7 Å². The quantitative estimate of drug-likeness (QED) is 0.663. The fourth-order valence-electron chi connectivity index (χ4n) is 2.18. The van der Waals surface area contributed by atoms with Crippen molar-refractivity contribution in [2.24, 2.45) is 5.84 Å². The number of benzene rings is 2. The van der Waals surface area contributed by atoms with Crippen LogP contribution in [0.5, 0.6) is 0 Å². The Balaban J connectivity index is 2.37. The average Bonchev–Trinajstić information content (AvgIpc) is 2.42. The molecule has 19 heavy (non-hydrogen) atoms. The number of aryl methyl sites for hydroxylation is 2. The molecule has 100 valence electrons. The Hall–Kier alpha value is -1.16. The fraction of sp³-hybridized carbons (Fsp3) is 0.250. The Kier molecular flexibility index (Phi) is 4.75. The van der Waals surface area contributed by atoms with Crippen molar-refractivity contribution in [2.75, 3.05) is 0 Å². The van der Waals surface area contributed by atoms with Crippen LogP contribution < -0.4 is 11.3 Å². The zero-order valence-electron chi connectivity index (χ0n) is 11.3. The second kappa shape index (κ2) is 6.33. The summed E-state index contributed by atoms with van der Waals surface area (Å²) in [7, 11) is 0.